The van der Waals surface area contributed by atoms with E-state index in [1.54, 1.807) is 19.1 Å². The van der Waals surface area contributed by atoms with Crippen LogP contribution in [-0.4, -0.2) is 11.8 Å². The van der Waals surface area contributed by atoms with Crippen LogP contribution < -0.4 is 10.4 Å². The number of hydrazine groups is 1. The monoisotopic (exact) mass is 262 g/mol. The van der Waals surface area contributed by atoms with Gasteiger partial charge in [-0.2, -0.15) is 0 Å². The average molecular weight is 262 g/mol. The van der Waals surface area contributed by atoms with Crippen molar-refractivity contribution in [3.05, 3.63) is 29.6 Å². The van der Waals surface area contributed by atoms with E-state index in [1.165, 1.54) is 11.1 Å². The van der Waals surface area contributed by atoms with Crippen molar-refractivity contribution in [1.82, 2.24) is 5.43 Å². The highest BCUT2D eigenvalue weighted by Crippen LogP contribution is 2.60. The van der Waals surface area contributed by atoms with Gasteiger partial charge in [0.15, 0.2) is 0 Å². The van der Waals surface area contributed by atoms with E-state index in [4.69, 9.17) is 0 Å². The third-order valence-electron chi connectivity index (χ3n) is 4.23. The molecule has 2 unspecified atom stereocenters. The van der Waals surface area contributed by atoms with Gasteiger partial charge in [-0.25, -0.2) is 9.40 Å². The fraction of sp³-hybridized carbons (Fsp3) is 0.429. The maximum Gasteiger partial charge on any atom is 0.250 e. The second-order valence-electron chi connectivity index (χ2n) is 5.86. The summed E-state index contributed by atoms with van der Waals surface area (Å²) in [6, 6.07) is 4.49. The van der Waals surface area contributed by atoms with Crippen LogP contribution in [0.25, 0.3) is 0 Å². The molecule has 1 aromatic carbocycles. The number of hydrogen-bond acceptors (Lipinski definition) is 2. The Morgan fingerprint density at radius 3 is 2.58 bits per heavy atom. The molecule has 100 valence electrons. The largest absolute Gasteiger partial charge is 0.273 e. The van der Waals surface area contributed by atoms with E-state index < -0.39 is 5.82 Å². The highest BCUT2D eigenvalue weighted by molar-refractivity contribution is 6.08. The van der Waals surface area contributed by atoms with Crippen LogP contribution >= 0.6 is 0 Å². The van der Waals surface area contributed by atoms with Gasteiger partial charge in [0.25, 0.3) is 0 Å². The highest BCUT2D eigenvalue weighted by atomic mass is 19.1. The third kappa shape index (κ3) is 1.57. The van der Waals surface area contributed by atoms with E-state index in [-0.39, 0.29) is 29.1 Å². The van der Waals surface area contributed by atoms with Crippen LogP contribution in [0.2, 0.25) is 0 Å². The van der Waals surface area contributed by atoms with Crippen LogP contribution in [0.3, 0.4) is 0 Å². The van der Waals surface area contributed by atoms with Gasteiger partial charge in [0.1, 0.15) is 5.82 Å². The molecular weight excluding hydrogens is 247 g/mol. The molecule has 4 nitrogen and oxygen atoms in total. The number of nitrogens with zero attached hydrogens (tertiary/aromatic N) is 1. The molecule has 19 heavy (non-hydrogen) atoms. The maximum absolute atomic E-state index is 13.6. The molecule has 0 bridgehead atoms. The number of rotatable bonds is 1. The van der Waals surface area contributed by atoms with Gasteiger partial charge in [0, 0.05) is 0 Å². The number of benzene rings is 1. The zero-order chi connectivity index (χ0) is 13.9. The molecule has 1 aromatic rings. The van der Waals surface area contributed by atoms with Gasteiger partial charge in [-0.3, -0.25) is 15.0 Å². The summed E-state index contributed by atoms with van der Waals surface area (Å²) >= 11 is 0. The van der Waals surface area contributed by atoms with Crippen LogP contribution in [-0.2, 0) is 9.59 Å². The summed E-state index contributed by atoms with van der Waals surface area (Å²) in [5.41, 5.74) is 3.12. The lowest BCUT2D eigenvalue weighted by Gasteiger charge is -2.26. The number of nitrogens with one attached hydrogen (secondary N) is 1. The molecule has 1 saturated heterocycles. The van der Waals surface area contributed by atoms with Crippen molar-refractivity contribution in [2.45, 2.75) is 20.8 Å². The van der Waals surface area contributed by atoms with E-state index in [1.807, 2.05) is 13.8 Å². The van der Waals surface area contributed by atoms with Gasteiger partial charge in [-0.05, 0) is 30.0 Å². The topological polar surface area (TPSA) is 49.4 Å². The minimum absolute atomic E-state index is 0.169. The van der Waals surface area contributed by atoms with E-state index in [0.29, 0.717) is 11.3 Å². The molecular formula is C14H15FN2O2. The number of fused-ring (bicyclic) bond motifs is 1. The Kier molecular flexibility index (Phi) is 2.27. The average Bonchev–Trinajstić information content (AvgIpc) is 2.92. The molecule has 1 N–H and O–H groups in total. The number of carbonyl (C=O) groups excluding carboxylic acids is 2. The van der Waals surface area contributed by atoms with Gasteiger partial charge >= 0.3 is 0 Å². The molecule has 1 aliphatic carbocycles. The van der Waals surface area contributed by atoms with Crippen LogP contribution in [0, 0.1) is 30.0 Å². The minimum Gasteiger partial charge on any atom is -0.273 e. The van der Waals surface area contributed by atoms with Gasteiger partial charge < -0.3 is 0 Å². The van der Waals surface area contributed by atoms with Crippen molar-refractivity contribution in [3.8, 4) is 0 Å². The van der Waals surface area contributed by atoms with Crippen LogP contribution in [0.1, 0.15) is 19.4 Å². The Morgan fingerprint density at radius 2 is 1.95 bits per heavy atom. The molecule has 0 radical (unpaired) electrons. The van der Waals surface area contributed by atoms with Gasteiger partial charge in [-0.15, -0.1) is 0 Å². The van der Waals surface area contributed by atoms with Crippen molar-refractivity contribution >= 4 is 17.5 Å². The van der Waals surface area contributed by atoms with Crippen molar-refractivity contribution in [2.24, 2.45) is 17.3 Å². The normalized spacial score (nSPS) is 27.9. The Morgan fingerprint density at radius 1 is 1.26 bits per heavy atom. The second-order valence-corrected chi connectivity index (χ2v) is 5.86. The van der Waals surface area contributed by atoms with Crippen LogP contribution in [0.5, 0.6) is 0 Å². The number of hydrogen-bond donors (Lipinski definition) is 1. The fourth-order valence-corrected chi connectivity index (χ4v) is 2.87. The summed E-state index contributed by atoms with van der Waals surface area (Å²) in [5.74, 6) is -1.29. The molecule has 2 atom stereocenters. The first-order valence-electron chi connectivity index (χ1n) is 6.24. The van der Waals surface area contributed by atoms with E-state index >= 15 is 0 Å². The van der Waals surface area contributed by atoms with Crippen molar-refractivity contribution < 1.29 is 14.0 Å². The predicted molar refractivity (Wildman–Crippen MR) is 67.5 cm³/mol. The first-order valence-corrected chi connectivity index (χ1v) is 6.24. The van der Waals surface area contributed by atoms with Gasteiger partial charge in [-0.1, -0.05) is 19.9 Å². The molecule has 3 rings (SSSR count). The van der Waals surface area contributed by atoms with E-state index in [9.17, 15) is 14.0 Å². The lowest BCUT2D eigenvalue weighted by molar-refractivity contribution is -0.131. The molecule has 2 fully saturated rings. The Balaban J connectivity index is 1.96. The van der Waals surface area contributed by atoms with Gasteiger partial charge in [0.2, 0.25) is 11.8 Å². The standard InChI is InChI=1S/C14H15FN2O2/c1-7-4-5-8(6-9(7)15)17-13(19)11-10(12(18)16-17)14(11,2)3/h4-6,10-11H,1-3H3,(H,16,18). The zero-order valence-corrected chi connectivity index (χ0v) is 11.0. The lowest BCUT2D eigenvalue weighted by Crippen LogP contribution is -2.52. The van der Waals surface area contributed by atoms with E-state index in [2.05, 4.69) is 5.43 Å². The maximum atomic E-state index is 13.6. The van der Waals surface area contributed by atoms with Crippen LogP contribution in [0.4, 0.5) is 10.1 Å². The van der Waals surface area contributed by atoms with Crippen LogP contribution in [0.15, 0.2) is 18.2 Å². The molecule has 1 aliphatic heterocycles. The number of aryl methyl sites for hydroxylation is 1. The van der Waals surface area contributed by atoms with Crippen molar-refractivity contribution in [2.75, 3.05) is 5.01 Å². The lowest BCUT2D eigenvalue weighted by atomic mass is 10.1. The minimum atomic E-state index is -0.392. The summed E-state index contributed by atoms with van der Waals surface area (Å²) in [4.78, 5) is 24.2. The van der Waals surface area contributed by atoms with Crippen molar-refractivity contribution in [3.63, 3.8) is 0 Å². The number of halogens is 1. The molecule has 2 aliphatic rings. The molecule has 5 heteroatoms. The SMILES string of the molecule is Cc1ccc(N2NC(=O)C3C(C2=O)C3(C)C)cc1F. The molecule has 0 spiro atoms. The number of anilines is 1. The fourth-order valence-electron chi connectivity index (χ4n) is 2.87. The Bertz CT molecular complexity index is 597. The zero-order valence-electron chi connectivity index (χ0n) is 11.0. The number of carbonyl (C=O) groups is 2. The number of amides is 2. The first-order chi connectivity index (χ1) is 8.84. The summed E-state index contributed by atoms with van der Waals surface area (Å²) in [5, 5.41) is 1.17. The smallest absolute Gasteiger partial charge is 0.250 e. The molecule has 0 aromatic heterocycles. The predicted octanol–water partition coefficient (Wildman–Crippen LogP) is 1.78. The summed E-state index contributed by atoms with van der Waals surface area (Å²) < 4.78 is 13.6. The summed E-state index contributed by atoms with van der Waals surface area (Å²) in [6.45, 7) is 5.45. The second kappa shape index (κ2) is 3.56. The van der Waals surface area contributed by atoms with Gasteiger partial charge in [0.05, 0.1) is 17.5 Å². The Labute approximate surface area is 110 Å². The first kappa shape index (κ1) is 12.1. The van der Waals surface area contributed by atoms with E-state index in [0.717, 1.165) is 0 Å². The quantitative estimate of drug-likeness (QED) is 0.838. The Hall–Kier alpha value is -1.91. The summed E-state index contributed by atoms with van der Waals surface area (Å²) in [6.07, 6.45) is 0. The highest BCUT2D eigenvalue weighted by Gasteiger charge is 2.69. The molecule has 1 saturated carbocycles. The molecule has 1 heterocycles. The third-order valence-corrected chi connectivity index (χ3v) is 4.23. The van der Waals surface area contributed by atoms with Crippen molar-refractivity contribution in [1.29, 1.82) is 0 Å². The molecule has 2 amide bonds. The summed E-state index contributed by atoms with van der Waals surface area (Å²) in [7, 11) is 0.